The van der Waals surface area contributed by atoms with Crippen molar-refractivity contribution in [1.82, 2.24) is 0 Å². The molecule has 0 unspecified atom stereocenters. The Balaban J connectivity index is 2.54. The molecule has 1 aromatic rings. The maximum absolute atomic E-state index is 11.2. The van der Waals surface area contributed by atoms with Gasteiger partial charge in [-0.1, -0.05) is 38.1 Å². The molecular weight excluding hydrogens is 252 g/mol. The van der Waals surface area contributed by atoms with Gasteiger partial charge in [0.1, 0.15) is 5.75 Å². The van der Waals surface area contributed by atoms with E-state index in [1.165, 1.54) is 6.08 Å². The molecule has 3 nitrogen and oxygen atoms in total. The first-order valence-electron chi connectivity index (χ1n) is 7.17. The lowest BCUT2D eigenvalue weighted by atomic mass is 10.1. The SMILES string of the molecule is CCOC(=O)C=CCc1ccccc1OCCC(C)C. The Kier molecular flexibility index (Phi) is 7.48. The number of para-hydroxylation sites is 1. The van der Waals surface area contributed by atoms with E-state index >= 15 is 0 Å². The van der Waals surface area contributed by atoms with Gasteiger partial charge in [-0.25, -0.2) is 4.79 Å². The molecule has 110 valence electrons. The number of carbonyl (C=O) groups is 1. The number of rotatable bonds is 8. The highest BCUT2D eigenvalue weighted by Crippen LogP contribution is 2.19. The van der Waals surface area contributed by atoms with Crippen molar-refractivity contribution in [2.75, 3.05) is 13.2 Å². The number of ether oxygens (including phenoxy) is 2. The molecule has 0 amide bonds. The molecule has 0 heterocycles. The first-order valence-corrected chi connectivity index (χ1v) is 7.17. The minimum Gasteiger partial charge on any atom is -0.493 e. The van der Waals surface area contributed by atoms with Crippen molar-refractivity contribution in [1.29, 1.82) is 0 Å². The van der Waals surface area contributed by atoms with Gasteiger partial charge in [0.2, 0.25) is 0 Å². The number of hydrogen-bond acceptors (Lipinski definition) is 3. The van der Waals surface area contributed by atoms with E-state index in [1.807, 2.05) is 30.3 Å². The van der Waals surface area contributed by atoms with Crippen LogP contribution in [0.2, 0.25) is 0 Å². The third kappa shape index (κ3) is 6.41. The van der Waals surface area contributed by atoms with Gasteiger partial charge in [0.05, 0.1) is 13.2 Å². The van der Waals surface area contributed by atoms with Gasteiger partial charge in [0.25, 0.3) is 0 Å². The van der Waals surface area contributed by atoms with Crippen LogP contribution >= 0.6 is 0 Å². The molecule has 0 atom stereocenters. The maximum Gasteiger partial charge on any atom is 0.330 e. The summed E-state index contributed by atoms with van der Waals surface area (Å²) in [6, 6.07) is 7.92. The van der Waals surface area contributed by atoms with Crippen LogP contribution in [-0.2, 0) is 16.0 Å². The van der Waals surface area contributed by atoms with E-state index < -0.39 is 0 Å². The Morgan fingerprint density at radius 1 is 1.30 bits per heavy atom. The zero-order chi connectivity index (χ0) is 14.8. The van der Waals surface area contributed by atoms with Gasteiger partial charge in [-0.15, -0.1) is 0 Å². The van der Waals surface area contributed by atoms with Crippen LogP contribution in [0.4, 0.5) is 0 Å². The summed E-state index contributed by atoms with van der Waals surface area (Å²) >= 11 is 0. The van der Waals surface area contributed by atoms with Gasteiger partial charge in [-0.05, 0) is 37.3 Å². The monoisotopic (exact) mass is 276 g/mol. The summed E-state index contributed by atoms with van der Waals surface area (Å²) in [5.41, 5.74) is 1.08. The van der Waals surface area contributed by atoms with Crippen LogP contribution in [0.1, 0.15) is 32.8 Å². The molecule has 0 saturated carbocycles. The Labute approximate surface area is 121 Å². The van der Waals surface area contributed by atoms with Gasteiger partial charge in [0, 0.05) is 6.08 Å². The van der Waals surface area contributed by atoms with Crippen molar-refractivity contribution in [3.8, 4) is 5.75 Å². The highest BCUT2D eigenvalue weighted by molar-refractivity contribution is 5.81. The standard InChI is InChI=1S/C17H24O3/c1-4-19-17(18)11-7-9-15-8-5-6-10-16(15)20-13-12-14(2)3/h5-8,10-11,14H,4,9,12-13H2,1-3H3. The van der Waals surface area contributed by atoms with Gasteiger partial charge < -0.3 is 9.47 Å². The van der Waals surface area contributed by atoms with Gasteiger partial charge >= 0.3 is 5.97 Å². The maximum atomic E-state index is 11.2. The molecule has 1 aromatic carbocycles. The smallest absolute Gasteiger partial charge is 0.330 e. The Morgan fingerprint density at radius 2 is 2.05 bits per heavy atom. The molecule has 0 N–H and O–H groups in total. The van der Waals surface area contributed by atoms with Crippen LogP contribution in [0.15, 0.2) is 36.4 Å². The van der Waals surface area contributed by atoms with Crippen LogP contribution in [0, 0.1) is 5.92 Å². The molecular formula is C17H24O3. The largest absolute Gasteiger partial charge is 0.493 e. The Hall–Kier alpha value is -1.77. The van der Waals surface area contributed by atoms with Crippen molar-refractivity contribution in [2.24, 2.45) is 5.92 Å². The molecule has 0 aliphatic rings. The molecule has 0 aliphatic carbocycles. The fraction of sp³-hybridized carbons (Fsp3) is 0.471. The molecule has 0 bridgehead atoms. The van der Waals surface area contributed by atoms with E-state index in [9.17, 15) is 4.79 Å². The molecule has 3 heteroatoms. The number of benzene rings is 1. The second kappa shape index (κ2) is 9.18. The minimum atomic E-state index is -0.300. The van der Waals surface area contributed by atoms with Crippen molar-refractivity contribution in [3.63, 3.8) is 0 Å². The summed E-state index contributed by atoms with van der Waals surface area (Å²) in [7, 11) is 0. The molecule has 20 heavy (non-hydrogen) atoms. The van der Waals surface area contributed by atoms with E-state index in [2.05, 4.69) is 13.8 Å². The lowest BCUT2D eigenvalue weighted by molar-refractivity contribution is -0.137. The molecule has 0 saturated heterocycles. The Morgan fingerprint density at radius 3 is 2.75 bits per heavy atom. The van der Waals surface area contributed by atoms with Crippen molar-refractivity contribution >= 4 is 5.97 Å². The zero-order valence-corrected chi connectivity index (χ0v) is 12.6. The average molecular weight is 276 g/mol. The lowest BCUT2D eigenvalue weighted by Crippen LogP contribution is -2.03. The predicted octanol–water partition coefficient (Wildman–Crippen LogP) is 3.77. The normalized spacial score (nSPS) is 11.0. The first-order chi connectivity index (χ1) is 9.63. The van der Waals surface area contributed by atoms with E-state index in [1.54, 1.807) is 6.92 Å². The third-order valence-corrected chi connectivity index (χ3v) is 2.80. The summed E-state index contributed by atoms with van der Waals surface area (Å²) in [6.07, 6.45) is 4.97. The fourth-order valence-electron chi connectivity index (χ4n) is 1.69. The Bertz CT molecular complexity index is 436. The number of esters is 1. The second-order valence-corrected chi connectivity index (χ2v) is 5.00. The van der Waals surface area contributed by atoms with Gasteiger partial charge in [-0.3, -0.25) is 0 Å². The summed E-state index contributed by atoms with van der Waals surface area (Å²) in [6.45, 7) is 7.27. The van der Waals surface area contributed by atoms with E-state index in [0.29, 0.717) is 18.9 Å². The van der Waals surface area contributed by atoms with Crippen molar-refractivity contribution in [2.45, 2.75) is 33.6 Å². The zero-order valence-electron chi connectivity index (χ0n) is 12.6. The van der Waals surface area contributed by atoms with E-state index in [0.717, 1.165) is 24.3 Å². The van der Waals surface area contributed by atoms with Gasteiger partial charge in [0.15, 0.2) is 0 Å². The number of allylic oxidation sites excluding steroid dienone is 1. The minimum absolute atomic E-state index is 0.300. The predicted molar refractivity (Wildman–Crippen MR) is 80.9 cm³/mol. The fourth-order valence-corrected chi connectivity index (χ4v) is 1.69. The van der Waals surface area contributed by atoms with Crippen LogP contribution in [0.3, 0.4) is 0 Å². The van der Waals surface area contributed by atoms with Crippen LogP contribution < -0.4 is 4.74 Å². The molecule has 0 fully saturated rings. The topological polar surface area (TPSA) is 35.5 Å². The molecule has 0 radical (unpaired) electrons. The van der Waals surface area contributed by atoms with Crippen LogP contribution in [-0.4, -0.2) is 19.2 Å². The summed E-state index contributed by atoms with van der Waals surface area (Å²) in [4.78, 5) is 11.2. The average Bonchev–Trinajstić information content (AvgIpc) is 2.40. The summed E-state index contributed by atoms with van der Waals surface area (Å²) < 4.78 is 10.6. The highest BCUT2D eigenvalue weighted by Gasteiger charge is 2.02. The van der Waals surface area contributed by atoms with Gasteiger partial charge in [-0.2, -0.15) is 0 Å². The highest BCUT2D eigenvalue weighted by atomic mass is 16.5. The molecule has 0 spiro atoms. The van der Waals surface area contributed by atoms with Crippen LogP contribution in [0.25, 0.3) is 0 Å². The number of hydrogen-bond donors (Lipinski definition) is 0. The molecule has 0 aliphatic heterocycles. The van der Waals surface area contributed by atoms with E-state index in [-0.39, 0.29) is 5.97 Å². The number of carbonyl (C=O) groups excluding carboxylic acids is 1. The quantitative estimate of drug-likeness (QED) is 0.535. The molecule has 1 rings (SSSR count). The van der Waals surface area contributed by atoms with E-state index in [4.69, 9.17) is 9.47 Å². The lowest BCUT2D eigenvalue weighted by Gasteiger charge is -2.11. The second-order valence-electron chi connectivity index (χ2n) is 5.00. The first kappa shape index (κ1) is 16.3. The van der Waals surface area contributed by atoms with Crippen LogP contribution in [0.5, 0.6) is 5.75 Å². The van der Waals surface area contributed by atoms with Crippen molar-refractivity contribution < 1.29 is 14.3 Å². The summed E-state index contributed by atoms with van der Waals surface area (Å²) in [5, 5.41) is 0. The van der Waals surface area contributed by atoms with Crippen molar-refractivity contribution in [3.05, 3.63) is 42.0 Å². The summed E-state index contributed by atoms with van der Waals surface area (Å²) in [5.74, 6) is 1.22. The molecule has 0 aromatic heterocycles. The third-order valence-electron chi connectivity index (χ3n) is 2.80.